The number of anilines is 1. The van der Waals surface area contributed by atoms with Gasteiger partial charge in [0.15, 0.2) is 0 Å². The number of unbranched alkanes of at least 4 members (excludes halogenated alkanes) is 1. The van der Waals surface area contributed by atoms with E-state index in [1.165, 1.54) is 5.56 Å². The van der Waals surface area contributed by atoms with Crippen molar-refractivity contribution < 1.29 is 4.79 Å². The zero-order valence-corrected chi connectivity index (χ0v) is 14.0. The Morgan fingerprint density at radius 1 is 1.17 bits per heavy atom. The highest BCUT2D eigenvalue weighted by Gasteiger charge is 2.11. The summed E-state index contributed by atoms with van der Waals surface area (Å²) in [5, 5.41) is 2.91. The highest BCUT2D eigenvalue weighted by atomic mass is 16.1. The third kappa shape index (κ3) is 5.09. The van der Waals surface area contributed by atoms with Crippen LogP contribution < -0.4 is 10.2 Å². The third-order valence-corrected chi connectivity index (χ3v) is 3.76. The summed E-state index contributed by atoms with van der Waals surface area (Å²) in [4.78, 5) is 18.6. The van der Waals surface area contributed by atoms with Crippen LogP contribution in [-0.4, -0.2) is 24.0 Å². The van der Waals surface area contributed by atoms with Gasteiger partial charge in [-0.05, 0) is 31.0 Å². The van der Waals surface area contributed by atoms with Crippen LogP contribution in [0.5, 0.6) is 0 Å². The molecule has 4 heteroatoms. The van der Waals surface area contributed by atoms with E-state index in [4.69, 9.17) is 0 Å². The molecule has 122 valence electrons. The second-order valence-corrected chi connectivity index (χ2v) is 5.51. The van der Waals surface area contributed by atoms with Gasteiger partial charge in [0.25, 0.3) is 5.91 Å². The minimum atomic E-state index is -0.101. The number of carbonyl (C=O) groups is 1. The van der Waals surface area contributed by atoms with E-state index in [1.54, 1.807) is 6.20 Å². The minimum Gasteiger partial charge on any atom is -0.367 e. The van der Waals surface area contributed by atoms with E-state index in [1.807, 2.05) is 30.3 Å². The Kier molecular flexibility index (Phi) is 6.60. The van der Waals surface area contributed by atoms with Gasteiger partial charge in [0.2, 0.25) is 0 Å². The van der Waals surface area contributed by atoms with Crippen LogP contribution >= 0.6 is 0 Å². The van der Waals surface area contributed by atoms with Crippen molar-refractivity contribution in [3.8, 4) is 0 Å². The van der Waals surface area contributed by atoms with Crippen LogP contribution in [0.1, 0.15) is 42.7 Å². The van der Waals surface area contributed by atoms with E-state index in [0.29, 0.717) is 12.2 Å². The Morgan fingerprint density at radius 3 is 2.65 bits per heavy atom. The summed E-state index contributed by atoms with van der Waals surface area (Å²) < 4.78 is 0. The highest BCUT2D eigenvalue weighted by molar-refractivity contribution is 5.93. The van der Waals surface area contributed by atoms with E-state index >= 15 is 0 Å². The van der Waals surface area contributed by atoms with Crippen molar-refractivity contribution in [2.45, 2.75) is 33.2 Å². The Bertz CT molecular complexity index is 613. The fraction of sp³-hybridized carbons (Fsp3) is 0.368. The van der Waals surface area contributed by atoms with Crippen molar-refractivity contribution in [1.82, 2.24) is 10.3 Å². The molecule has 0 bridgehead atoms. The maximum atomic E-state index is 12.1. The Balaban J connectivity index is 2.08. The van der Waals surface area contributed by atoms with Crippen LogP contribution in [0.15, 0.2) is 48.7 Å². The Morgan fingerprint density at radius 2 is 1.96 bits per heavy atom. The van der Waals surface area contributed by atoms with Crippen LogP contribution in [0.25, 0.3) is 0 Å². The number of hydrogen-bond acceptors (Lipinski definition) is 3. The molecular formula is C19H25N3O. The molecule has 0 atom stereocenters. The van der Waals surface area contributed by atoms with E-state index < -0.39 is 0 Å². The molecule has 23 heavy (non-hydrogen) atoms. The highest BCUT2D eigenvalue weighted by Crippen LogP contribution is 2.17. The van der Waals surface area contributed by atoms with Gasteiger partial charge in [-0.1, -0.05) is 43.7 Å². The van der Waals surface area contributed by atoms with Crippen molar-refractivity contribution in [1.29, 1.82) is 0 Å². The lowest BCUT2D eigenvalue weighted by atomic mass is 10.2. The first-order valence-electron chi connectivity index (χ1n) is 8.27. The van der Waals surface area contributed by atoms with Crippen LogP contribution in [0.4, 0.5) is 5.69 Å². The molecule has 0 spiro atoms. The summed E-state index contributed by atoms with van der Waals surface area (Å²) >= 11 is 0. The first-order chi connectivity index (χ1) is 11.2. The van der Waals surface area contributed by atoms with Gasteiger partial charge in [-0.2, -0.15) is 0 Å². The average Bonchev–Trinajstić information content (AvgIpc) is 2.61. The zero-order valence-electron chi connectivity index (χ0n) is 14.0. The summed E-state index contributed by atoms with van der Waals surface area (Å²) in [6.07, 6.45) is 3.76. The number of amides is 1. The molecule has 0 aliphatic rings. The predicted molar refractivity (Wildman–Crippen MR) is 94.6 cm³/mol. The zero-order chi connectivity index (χ0) is 16.5. The molecule has 0 saturated carbocycles. The maximum absolute atomic E-state index is 12.1. The Hall–Kier alpha value is -2.36. The molecule has 2 rings (SSSR count). The quantitative estimate of drug-likeness (QED) is 0.757. The predicted octanol–water partition coefficient (Wildman–Crippen LogP) is 3.64. The summed E-state index contributed by atoms with van der Waals surface area (Å²) in [6, 6.07) is 14.2. The van der Waals surface area contributed by atoms with Crippen LogP contribution in [-0.2, 0) is 6.54 Å². The molecule has 0 fully saturated rings. The lowest BCUT2D eigenvalue weighted by Crippen LogP contribution is -2.26. The van der Waals surface area contributed by atoms with Crippen molar-refractivity contribution in [2.24, 2.45) is 0 Å². The molecule has 0 saturated heterocycles. The first kappa shape index (κ1) is 17.0. The van der Waals surface area contributed by atoms with E-state index in [2.05, 4.69) is 41.2 Å². The van der Waals surface area contributed by atoms with Gasteiger partial charge in [-0.15, -0.1) is 0 Å². The number of aromatic nitrogens is 1. The van der Waals surface area contributed by atoms with E-state index in [-0.39, 0.29) is 5.91 Å². The van der Waals surface area contributed by atoms with Gasteiger partial charge >= 0.3 is 0 Å². The topological polar surface area (TPSA) is 45.2 Å². The average molecular weight is 311 g/mol. The van der Waals surface area contributed by atoms with Crippen LogP contribution in [0.3, 0.4) is 0 Å². The number of benzene rings is 1. The molecule has 0 aliphatic heterocycles. The number of hydrogen-bond donors (Lipinski definition) is 1. The smallest absolute Gasteiger partial charge is 0.269 e. The van der Waals surface area contributed by atoms with E-state index in [9.17, 15) is 4.79 Å². The molecule has 4 nitrogen and oxygen atoms in total. The van der Waals surface area contributed by atoms with Crippen molar-refractivity contribution >= 4 is 11.6 Å². The summed E-state index contributed by atoms with van der Waals surface area (Å²) in [6.45, 7) is 6.61. The lowest BCUT2D eigenvalue weighted by molar-refractivity contribution is 0.0948. The van der Waals surface area contributed by atoms with Gasteiger partial charge in [0.05, 0.1) is 0 Å². The minimum absolute atomic E-state index is 0.101. The second-order valence-electron chi connectivity index (χ2n) is 5.51. The van der Waals surface area contributed by atoms with Gasteiger partial charge in [-0.3, -0.25) is 9.78 Å². The Labute approximate surface area is 138 Å². The van der Waals surface area contributed by atoms with Crippen molar-refractivity contribution in [2.75, 3.05) is 18.0 Å². The SMILES string of the molecule is CCCCNC(=O)c1cc(N(CC)Cc2ccccc2)ccn1. The molecule has 1 aromatic heterocycles. The number of nitrogens with zero attached hydrogens (tertiary/aromatic N) is 2. The van der Waals surface area contributed by atoms with Crippen molar-refractivity contribution in [3.63, 3.8) is 0 Å². The van der Waals surface area contributed by atoms with Crippen LogP contribution in [0, 0.1) is 0 Å². The molecule has 0 aliphatic carbocycles. The molecular weight excluding hydrogens is 286 g/mol. The fourth-order valence-corrected chi connectivity index (χ4v) is 2.40. The summed E-state index contributed by atoms with van der Waals surface area (Å²) in [5.74, 6) is -0.101. The fourth-order valence-electron chi connectivity index (χ4n) is 2.40. The molecule has 1 N–H and O–H groups in total. The summed E-state index contributed by atoms with van der Waals surface area (Å²) in [7, 11) is 0. The van der Waals surface area contributed by atoms with Crippen LogP contribution in [0.2, 0.25) is 0 Å². The number of carbonyl (C=O) groups excluding carboxylic acids is 1. The third-order valence-electron chi connectivity index (χ3n) is 3.76. The molecule has 0 unspecified atom stereocenters. The largest absolute Gasteiger partial charge is 0.367 e. The van der Waals surface area contributed by atoms with Gasteiger partial charge in [0.1, 0.15) is 5.69 Å². The second kappa shape index (κ2) is 8.93. The molecule has 1 aromatic carbocycles. The molecule has 1 heterocycles. The van der Waals surface area contributed by atoms with Gasteiger partial charge < -0.3 is 10.2 Å². The van der Waals surface area contributed by atoms with Gasteiger partial charge in [-0.25, -0.2) is 0 Å². The monoisotopic (exact) mass is 311 g/mol. The maximum Gasteiger partial charge on any atom is 0.269 e. The number of rotatable bonds is 8. The van der Waals surface area contributed by atoms with Gasteiger partial charge in [0, 0.05) is 31.5 Å². The number of nitrogens with one attached hydrogen (secondary N) is 1. The lowest BCUT2D eigenvalue weighted by Gasteiger charge is -2.23. The van der Waals surface area contributed by atoms with Crippen molar-refractivity contribution in [3.05, 3.63) is 59.9 Å². The normalized spacial score (nSPS) is 10.3. The van der Waals surface area contributed by atoms with E-state index in [0.717, 1.165) is 31.6 Å². The first-order valence-corrected chi connectivity index (χ1v) is 8.27. The molecule has 2 aromatic rings. The number of pyridine rings is 1. The standard InChI is InChI=1S/C19H25N3O/c1-3-5-12-21-19(23)18-14-17(11-13-20-18)22(4-2)15-16-9-7-6-8-10-16/h6-11,13-14H,3-5,12,15H2,1-2H3,(H,21,23). The molecule has 0 radical (unpaired) electrons. The summed E-state index contributed by atoms with van der Waals surface area (Å²) in [5.41, 5.74) is 2.75. The molecule has 1 amide bonds.